The van der Waals surface area contributed by atoms with Gasteiger partial charge in [-0.1, -0.05) is 33.1 Å². The zero-order valence-corrected chi connectivity index (χ0v) is 13.4. The van der Waals surface area contributed by atoms with Gasteiger partial charge in [-0.2, -0.15) is 0 Å². The van der Waals surface area contributed by atoms with Crippen molar-refractivity contribution in [1.82, 2.24) is 5.32 Å². The molecule has 0 fully saturated rings. The molecule has 1 N–H and O–H groups in total. The Morgan fingerprint density at radius 3 is 2.67 bits per heavy atom. The van der Waals surface area contributed by atoms with Gasteiger partial charge < -0.3 is 10.1 Å². The van der Waals surface area contributed by atoms with Gasteiger partial charge in [-0.15, -0.1) is 6.42 Å². The van der Waals surface area contributed by atoms with E-state index in [1.807, 2.05) is 26.0 Å². The number of rotatable bonds is 7. The summed E-state index contributed by atoms with van der Waals surface area (Å²) in [6.07, 6.45) is 7.04. The van der Waals surface area contributed by atoms with Crippen LogP contribution in [0.25, 0.3) is 0 Å². The van der Waals surface area contributed by atoms with Crippen molar-refractivity contribution in [2.75, 3.05) is 6.61 Å². The number of amides is 1. The fraction of sp³-hybridized carbons (Fsp3) is 0.500. The molecule has 0 heterocycles. The molecule has 1 amide bonds. The molecule has 2 atom stereocenters. The highest BCUT2D eigenvalue weighted by atomic mass is 16.5. The number of nitrogens with one attached hydrogen (secondary N) is 1. The van der Waals surface area contributed by atoms with Crippen LogP contribution in [-0.2, 0) is 6.42 Å². The van der Waals surface area contributed by atoms with E-state index in [9.17, 15) is 4.79 Å². The summed E-state index contributed by atoms with van der Waals surface area (Å²) < 4.78 is 5.48. The van der Waals surface area contributed by atoms with Gasteiger partial charge in [-0.05, 0) is 43.0 Å². The fourth-order valence-corrected chi connectivity index (χ4v) is 2.04. The normalized spacial score (nSPS) is 13.1. The van der Waals surface area contributed by atoms with Crippen molar-refractivity contribution < 1.29 is 9.53 Å². The first-order chi connectivity index (χ1) is 10.0. The van der Waals surface area contributed by atoms with Crippen molar-refractivity contribution in [2.45, 2.75) is 46.6 Å². The van der Waals surface area contributed by atoms with Gasteiger partial charge in [0.1, 0.15) is 12.4 Å². The summed E-state index contributed by atoms with van der Waals surface area (Å²) in [6.45, 7) is 8.57. The van der Waals surface area contributed by atoms with E-state index >= 15 is 0 Å². The van der Waals surface area contributed by atoms with Gasteiger partial charge in [0.25, 0.3) is 5.91 Å². The standard InChI is InChI=1S/C18H25NO2/c1-6-11-21-17-10-9-16(12-15(17)8-3)18(20)19-14(5)13(4)7-2/h1,9-10,12-14H,7-8,11H2,2-5H3,(H,19,20). The second-order valence-electron chi connectivity index (χ2n) is 5.32. The molecule has 3 heteroatoms. The molecule has 0 bridgehead atoms. The van der Waals surface area contributed by atoms with Crippen LogP contribution in [0.1, 0.15) is 50.0 Å². The molecule has 21 heavy (non-hydrogen) atoms. The molecule has 1 rings (SSSR count). The van der Waals surface area contributed by atoms with Crippen LogP contribution >= 0.6 is 0 Å². The van der Waals surface area contributed by atoms with E-state index in [2.05, 4.69) is 25.1 Å². The smallest absolute Gasteiger partial charge is 0.251 e. The Kier molecular flexibility index (Phi) is 6.81. The average Bonchev–Trinajstić information content (AvgIpc) is 2.51. The van der Waals surface area contributed by atoms with Crippen LogP contribution in [0.5, 0.6) is 5.75 Å². The second-order valence-corrected chi connectivity index (χ2v) is 5.32. The van der Waals surface area contributed by atoms with Gasteiger partial charge in [-0.3, -0.25) is 4.79 Å². The molecule has 0 aliphatic carbocycles. The number of aryl methyl sites for hydroxylation is 1. The molecule has 2 unspecified atom stereocenters. The minimum Gasteiger partial charge on any atom is -0.481 e. The van der Waals surface area contributed by atoms with Gasteiger partial charge in [0.2, 0.25) is 0 Å². The largest absolute Gasteiger partial charge is 0.481 e. The van der Waals surface area contributed by atoms with Gasteiger partial charge in [0.05, 0.1) is 0 Å². The van der Waals surface area contributed by atoms with E-state index in [-0.39, 0.29) is 18.6 Å². The summed E-state index contributed by atoms with van der Waals surface area (Å²) in [4.78, 5) is 12.3. The number of terminal acetylenes is 1. The quantitative estimate of drug-likeness (QED) is 0.780. The third-order valence-electron chi connectivity index (χ3n) is 3.87. The van der Waals surface area contributed by atoms with E-state index in [4.69, 9.17) is 11.2 Å². The van der Waals surface area contributed by atoms with Crippen LogP contribution in [0.3, 0.4) is 0 Å². The lowest BCUT2D eigenvalue weighted by Gasteiger charge is -2.20. The number of hydrogen-bond donors (Lipinski definition) is 1. The molecule has 1 aromatic carbocycles. The van der Waals surface area contributed by atoms with E-state index in [0.29, 0.717) is 11.5 Å². The van der Waals surface area contributed by atoms with E-state index in [1.54, 1.807) is 6.07 Å². The lowest BCUT2D eigenvalue weighted by Crippen LogP contribution is -2.36. The Balaban J connectivity index is 2.84. The second kappa shape index (κ2) is 8.36. The highest BCUT2D eigenvalue weighted by molar-refractivity contribution is 5.94. The predicted molar refractivity (Wildman–Crippen MR) is 86.5 cm³/mol. The Labute approximate surface area is 128 Å². The number of carbonyl (C=O) groups excluding carboxylic acids is 1. The van der Waals surface area contributed by atoms with Crippen LogP contribution in [0.4, 0.5) is 0 Å². The SMILES string of the molecule is C#CCOc1ccc(C(=O)NC(C)C(C)CC)cc1CC. The number of carbonyl (C=O) groups is 1. The first-order valence-corrected chi connectivity index (χ1v) is 7.53. The molecule has 3 nitrogen and oxygen atoms in total. The monoisotopic (exact) mass is 287 g/mol. The Morgan fingerprint density at radius 2 is 2.10 bits per heavy atom. The highest BCUT2D eigenvalue weighted by Gasteiger charge is 2.15. The zero-order chi connectivity index (χ0) is 15.8. The molecule has 0 radical (unpaired) electrons. The third kappa shape index (κ3) is 4.82. The van der Waals surface area contributed by atoms with Gasteiger partial charge >= 0.3 is 0 Å². The Bertz CT molecular complexity index is 516. The van der Waals surface area contributed by atoms with E-state index in [0.717, 1.165) is 24.2 Å². The van der Waals surface area contributed by atoms with Crippen molar-refractivity contribution in [2.24, 2.45) is 5.92 Å². The topological polar surface area (TPSA) is 38.3 Å². The fourth-order valence-electron chi connectivity index (χ4n) is 2.04. The summed E-state index contributed by atoms with van der Waals surface area (Å²) >= 11 is 0. The number of benzene rings is 1. The summed E-state index contributed by atoms with van der Waals surface area (Å²) in [7, 11) is 0. The van der Waals surface area contributed by atoms with Crippen molar-refractivity contribution in [1.29, 1.82) is 0 Å². The summed E-state index contributed by atoms with van der Waals surface area (Å²) in [5.74, 6) is 3.62. The van der Waals surface area contributed by atoms with Crippen molar-refractivity contribution in [3.8, 4) is 18.1 Å². The minimum atomic E-state index is -0.0407. The summed E-state index contributed by atoms with van der Waals surface area (Å²) in [5, 5.41) is 3.05. The number of ether oxygens (including phenoxy) is 1. The maximum absolute atomic E-state index is 12.3. The highest BCUT2D eigenvalue weighted by Crippen LogP contribution is 2.21. The van der Waals surface area contributed by atoms with Crippen LogP contribution in [0.2, 0.25) is 0 Å². The van der Waals surface area contributed by atoms with Gasteiger partial charge in [0, 0.05) is 11.6 Å². The summed E-state index contributed by atoms with van der Waals surface area (Å²) in [5.41, 5.74) is 1.66. The molecular weight excluding hydrogens is 262 g/mol. The van der Waals surface area contributed by atoms with Crippen molar-refractivity contribution in [3.05, 3.63) is 29.3 Å². The van der Waals surface area contributed by atoms with Crippen LogP contribution in [-0.4, -0.2) is 18.6 Å². The third-order valence-corrected chi connectivity index (χ3v) is 3.87. The van der Waals surface area contributed by atoms with Crippen molar-refractivity contribution in [3.63, 3.8) is 0 Å². The average molecular weight is 287 g/mol. The predicted octanol–water partition coefficient (Wildman–Crippen LogP) is 3.43. The van der Waals surface area contributed by atoms with Crippen LogP contribution in [0.15, 0.2) is 18.2 Å². The molecule has 0 saturated heterocycles. The lowest BCUT2D eigenvalue weighted by atomic mass is 10.00. The van der Waals surface area contributed by atoms with Gasteiger partial charge in [0.15, 0.2) is 0 Å². The molecule has 0 aliphatic heterocycles. The molecule has 0 spiro atoms. The zero-order valence-electron chi connectivity index (χ0n) is 13.4. The maximum Gasteiger partial charge on any atom is 0.251 e. The number of hydrogen-bond acceptors (Lipinski definition) is 2. The molecule has 0 aromatic heterocycles. The minimum absolute atomic E-state index is 0.0407. The molecule has 0 saturated carbocycles. The van der Waals surface area contributed by atoms with Crippen LogP contribution < -0.4 is 10.1 Å². The Hall–Kier alpha value is -1.95. The molecular formula is C18H25NO2. The molecule has 0 aliphatic rings. The van der Waals surface area contributed by atoms with Crippen molar-refractivity contribution >= 4 is 5.91 Å². The van der Waals surface area contributed by atoms with E-state index < -0.39 is 0 Å². The van der Waals surface area contributed by atoms with E-state index in [1.165, 1.54) is 0 Å². The first kappa shape index (κ1) is 17.1. The van der Waals surface area contributed by atoms with Crippen LogP contribution in [0, 0.1) is 18.3 Å². The Morgan fingerprint density at radius 1 is 1.38 bits per heavy atom. The summed E-state index contributed by atoms with van der Waals surface area (Å²) in [6, 6.07) is 5.64. The maximum atomic E-state index is 12.3. The first-order valence-electron chi connectivity index (χ1n) is 7.53. The molecule has 1 aromatic rings. The lowest BCUT2D eigenvalue weighted by molar-refractivity contribution is 0.0928. The molecule has 114 valence electrons. The van der Waals surface area contributed by atoms with Gasteiger partial charge in [-0.25, -0.2) is 0 Å².